The van der Waals surface area contributed by atoms with Gasteiger partial charge < -0.3 is 10.3 Å². The molecule has 1 heterocycles. The molecule has 0 saturated carbocycles. The number of nitrogens with zero attached hydrogens (tertiary/aromatic N) is 2. The summed E-state index contributed by atoms with van der Waals surface area (Å²) in [6.07, 6.45) is 0. The Morgan fingerprint density at radius 1 is 1.26 bits per heavy atom. The van der Waals surface area contributed by atoms with Crippen LogP contribution < -0.4 is 5.73 Å². The predicted octanol–water partition coefficient (Wildman–Crippen LogP) is 3.78. The third kappa shape index (κ3) is 2.36. The van der Waals surface area contributed by atoms with Crippen LogP contribution in [0.15, 0.2) is 36.4 Å². The molecule has 3 aromatic rings. The number of nitriles is 1. The van der Waals surface area contributed by atoms with Crippen LogP contribution in [0.25, 0.3) is 22.0 Å². The smallest absolute Gasteiger partial charge is 0.265 e. The molecule has 5 heteroatoms. The van der Waals surface area contributed by atoms with Gasteiger partial charge in [-0.3, -0.25) is 4.79 Å². The number of rotatable bonds is 2. The second-order valence-electron chi connectivity index (χ2n) is 5.44. The second kappa shape index (κ2) is 5.45. The van der Waals surface area contributed by atoms with Gasteiger partial charge in [-0.25, -0.2) is 0 Å². The Hall–Kier alpha value is -2.77. The van der Waals surface area contributed by atoms with E-state index in [9.17, 15) is 4.79 Å². The SMILES string of the molecule is Cc1c(C(N)=O)n(C)c2c(-c3ccc(C#N)cc3)cc(Cl)cc12. The molecule has 114 valence electrons. The minimum atomic E-state index is -0.469. The summed E-state index contributed by atoms with van der Waals surface area (Å²) < 4.78 is 1.80. The van der Waals surface area contributed by atoms with Gasteiger partial charge >= 0.3 is 0 Å². The first-order valence-electron chi connectivity index (χ1n) is 7.03. The number of amides is 1. The van der Waals surface area contributed by atoms with Gasteiger partial charge in [0.05, 0.1) is 17.1 Å². The fourth-order valence-electron chi connectivity index (χ4n) is 3.03. The number of benzene rings is 2. The molecular weight excluding hydrogens is 310 g/mol. The number of aromatic nitrogens is 1. The van der Waals surface area contributed by atoms with Crippen LogP contribution in [0, 0.1) is 18.3 Å². The molecule has 1 amide bonds. The number of carbonyl (C=O) groups is 1. The summed E-state index contributed by atoms with van der Waals surface area (Å²) in [6.45, 7) is 1.86. The van der Waals surface area contributed by atoms with E-state index in [2.05, 4.69) is 6.07 Å². The molecule has 3 rings (SSSR count). The molecule has 0 unspecified atom stereocenters. The van der Waals surface area contributed by atoms with E-state index in [-0.39, 0.29) is 0 Å². The minimum absolute atomic E-state index is 0.469. The van der Waals surface area contributed by atoms with Crippen LogP contribution in [-0.4, -0.2) is 10.5 Å². The Morgan fingerprint density at radius 2 is 1.91 bits per heavy atom. The highest BCUT2D eigenvalue weighted by Crippen LogP contribution is 2.36. The van der Waals surface area contributed by atoms with Crippen molar-refractivity contribution in [3.63, 3.8) is 0 Å². The van der Waals surface area contributed by atoms with Crippen molar-refractivity contribution in [1.29, 1.82) is 5.26 Å². The third-order valence-corrected chi connectivity index (χ3v) is 4.28. The standard InChI is InChI=1S/C18H14ClN3O/c1-10-14-7-13(19)8-15(12-5-3-11(9-20)4-6-12)17(14)22(2)16(10)18(21)23/h3-8H,1-2H3,(H2,21,23). The molecular formula is C18H14ClN3O. The molecule has 0 aliphatic rings. The number of halogens is 1. The van der Waals surface area contributed by atoms with E-state index >= 15 is 0 Å². The fraction of sp³-hybridized carbons (Fsp3) is 0.111. The van der Waals surface area contributed by atoms with Crippen LogP contribution in [0.1, 0.15) is 21.6 Å². The average molecular weight is 324 g/mol. The van der Waals surface area contributed by atoms with Gasteiger partial charge in [0.25, 0.3) is 5.91 Å². The molecule has 23 heavy (non-hydrogen) atoms. The van der Waals surface area contributed by atoms with Gasteiger partial charge in [0, 0.05) is 23.0 Å². The van der Waals surface area contributed by atoms with Crippen molar-refractivity contribution in [3.05, 3.63) is 58.2 Å². The number of aryl methyl sites for hydroxylation is 2. The number of nitrogens with two attached hydrogens (primary N) is 1. The summed E-state index contributed by atoms with van der Waals surface area (Å²) in [7, 11) is 1.82. The van der Waals surface area contributed by atoms with Crippen LogP contribution in [0.4, 0.5) is 0 Å². The van der Waals surface area contributed by atoms with Gasteiger partial charge in [0.1, 0.15) is 5.69 Å². The third-order valence-electron chi connectivity index (χ3n) is 4.06. The van der Waals surface area contributed by atoms with Gasteiger partial charge in [-0.05, 0) is 42.3 Å². The van der Waals surface area contributed by atoms with E-state index in [0.717, 1.165) is 27.6 Å². The van der Waals surface area contributed by atoms with Crippen molar-refractivity contribution in [1.82, 2.24) is 4.57 Å². The zero-order valence-corrected chi connectivity index (χ0v) is 13.5. The van der Waals surface area contributed by atoms with E-state index in [1.165, 1.54) is 0 Å². The van der Waals surface area contributed by atoms with E-state index in [0.29, 0.717) is 16.3 Å². The lowest BCUT2D eigenvalue weighted by atomic mass is 10.0. The van der Waals surface area contributed by atoms with Crippen molar-refractivity contribution in [2.45, 2.75) is 6.92 Å². The van der Waals surface area contributed by atoms with Gasteiger partial charge in [-0.2, -0.15) is 5.26 Å². The maximum absolute atomic E-state index is 11.8. The monoisotopic (exact) mass is 323 g/mol. The zero-order valence-electron chi connectivity index (χ0n) is 12.7. The first kappa shape index (κ1) is 15.1. The normalized spacial score (nSPS) is 10.7. The highest BCUT2D eigenvalue weighted by atomic mass is 35.5. The molecule has 0 bridgehead atoms. The molecule has 0 radical (unpaired) electrons. The summed E-state index contributed by atoms with van der Waals surface area (Å²) in [5.74, 6) is -0.469. The summed E-state index contributed by atoms with van der Waals surface area (Å²) in [5, 5.41) is 10.4. The summed E-state index contributed by atoms with van der Waals surface area (Å²) in [6, 6.07) is 13.1. The van der Waals surface area contributed by atoms with Crippen molar-refractivity contribution in [2.75, 3.05) is 0 Å². The van der Waals surface area contributed by atoms with Crippen molar-refractivity contribution in [3.8, 4) is 17.2 Å². The van der Waals surface area contributed by atoms with Gasteiger partial charge in [-0.1, -0.05) is 23.7 Å². The lowest BCUT2D eigenvalue weighted by Gasteiger charge is -2.08. The van der Waals surface area contributed by atoms with Crippen LogP contribution in [-0.2, 0) is 7.05 Å². The first-order valence-corrected chi connectivity index (χ1v) is 7.40. The van der Waals surface area contributed by atoms with Crippen molar-refractivity contribution >= 4 is 28.4 Å². The van der Waals surface area contributed by atoms with Crippen LogP contribution in [0.5, 0.6) is 0 Å². The maximum Gasteiger partial charge on any atom is 0.265 e. The van der Waals surface area contributed by atoms with Crippen molar-refractivity contribution < 1.29 is 4.79 Å². The highest BCUT2D eigenvalue weighted by molar-refractivity contribution is 6.32. The van der Waals surface area contributed by atoms with E-state index < -0.39 is 5.91 Å². The number of carbonyl (C=O) groups excluding carboxylic acids is 1. The lowest BCUT2D eigenvalue weighted by molar-refractivity contribution is 0.0992. The molecule has 2 N–H and O–H groups in total. The quantitative estimate of drug-likeness (QED) is 0.779. The van der Waals surface area contributed by atoms with E-state index in [1.54, 1.807) is 16.7 Å². The van der Waals surface area contributed by atoms with Crippen LogP contribution >= 0.6 is 11.6 Å². The zero-order chi connectivity index (χ0) is 16.7. The molecule has 2 aromatic carbocycles. The lowest BCUT2D eigenvalue weighted by Crippen LogP contribution is -2.16. The Bertz CT molecular complexity index is 978. The van der Waals surface area contributed by atoms with Crippen LogP contribution in [0.2, 0.25) is 5.02 Å². The number of fused-ring (bicyclic) bond motifs is 1. The van der Waals surface area contributed by atoms with Gasteiger partial charge in [0.2, 0.25) is 0 Å². The van der Waals surface area contributed by atoms with Crippen LogP contribution in [0.3, 0.4) is 0 Å². The Balaban J connectivity index is 2.38. The van der Waals surface area contributed by atoms with E-state index in [4.69, 9.17) is 22.6 Å². The minimum Gasteiger partial charge on any atom is -0.364 e. The Morgan fingerprint density at radius 3 is 2.48 bits per heavy atom. The van der Waals surface area contributed by atoms with E-state index in [1.807, 2.05) is 38.2 Å². The average Bonchev–Trinajstić information content (AvgIpc) is 2.78. The van der Waals surface area contributed by atoms with Gasteiger partial charge in [-0.15, -0.1) is 0 Å². The topological polar surface area (TPSA) is 71.8 Å². The maximum atomic E-state index is 11.8. The molecule has 0 saturated heterocycles. The largest absolute Gasteiger partial charge is 0.364 e. The molecule has 0 aliphatic heterocycles. The highest BCUT2D eigenvalue weighted by Gasteiger charge is 2.19. The summed E-state index contributed by atoms with van der Waals surface area (Å²) >= 11 is 6.27. The molecule has 0 atom stereocenters. The molecule has 1 aromatic heterocycles. The molecule has 0 aliphatic carbocycles. The summed E-state index contributed by atoms with van der Waals surface area (Å²) in [5.41, 5.74) is 10.1. The summed E-state index contributed by atoms with van der Waals surface area (Å²) in [4.78, 5) is 11.8. The Labute approximate surface area is 138 Å². The molecule has 0 fully saturated rings. The number of primary amides is 1. The van der Waals surface area contributed by atoms with Gasteiger partial charge in [0.15, 0.2) is 0 Å². The first-order chi connectivity index (χ1) is 10.9. The number of hydrogen-bond acceptors (Lipinski definition) is 2. The fourth-order valence-corrected chi connectivity index (χ4v) is 3.25. The Kier molecular flexibility index (Phi) is 3.59. The molecule has 0 spiro atoms. The number of hydrogen-bond donors (Lipinski definition) is 1. The molecule has 4 nitrogen and oxygen atoms in total. The predicted molar refractivity (Wildman–Crippen MR) is 91.3 cm³/mol. The second-order valence-corrected chi connectivity index (χ2v) is 5.87. The van der Waals surface area contributed by atoms with Crippen molar-refractivity contribution in [2.24, 2.45) is 12.8 Å².